The van der Waals surface area contributed by atoms with Crippen molar-refractivity contribution in [1.29, 1.82) is 0 Å². The van der Waals surface area contributed by atoms with Crippen LogP contribution in [0.15, 0.2) is 30.3 Å². The van der Waals surface area contributed by atoms with Gasteiger partial charge in [0.2, 0.25) is 5.91 Å². The second kappa shape index (κ2) is 7.00. The highest BCUT2D eigenvalue weighted by atomic mass is 16.2. The van der Waals surface area contributed by atoms with Gasteiger partial charge in [0.25, 0.3) is 5.91 Å². The number of benzene rings is 1. The van der Waals surface area contributed by atoms with Crippen molar-refractivity contribution >= 4 is 17.8 Å². The molecule has 7 heteroatoms. The minimum Gasteiger partial charge on any atom is -0.350 e. The molecule has 0 aliphatic heterocycles. The summed E-state index contributed by atoms with van der Waals surface area (Å²) in [5.74, 6) is -0.881. The zero-order valence-electron chi connectivity index (χ0n) is 10.5. The second-order valence-electron chi connectivity index (χ2n) is 3.92. The van der Waals surface area contributed by atoms with Crippen LogP contribution in [0.1, 0.15) is 12.5 Å². The van der Waals surface area contributed by atoms with Crippen LogP contribution in [-0.2, 0) is 16.0 Å². The quantitative estimate of drug-likeness (QED) is 0.546. The highest BCUT2D eigenvalue weighted by Crippen LogP contribution is 2.03. The number of primary amides is 1. The molecule has 102 valence electrons. The van der Waals surface area contributed by atoms with E-state index < -0.39 is 18.0 Å². The molecule has 0 saturated heterocycles. The lowest BCUT2D eigenvalue weighted by atomic mass is 10.1. The molecule has 0 radical (unpaired) electrons. The summed E-state index contributed by atoms with van der Waals surface area (Å²) in [7, 11) is 0. The van der Waals surface area contributed by atoms with E-state index in [0.717, 1.165) is 5.56 Å². The van der Waals surface area contributed by atoms with Crippen molar-refractivity contribution < 1.29 is 14.4 Å². The first-order chi connectivity index (χ1) is 8.99. The number of urea groups is 1. The summed E-state index contributed by atoms with van der Waals surface area (Å²) >= 11 is 0. The van der Waals surface area contributed by atoms with E-state index in [4.69, 9.17) is 5.73 Å². The third-order valence-corrected chi connectivity index (χ3v) is 2.29. The Balaban J connectivity index is 2.68. The van der Waals surface area contributed by atoms with Gasteiger partial charge in [-0.2, -0.15) is 0 Å². The van der Waals surface area contributed by atoms with Crippen LogP contribution in [0.3, 0.4) is 0 Å². The maximum atomic E-state index is 11.8. The van der Waals surface area contributed by atoms with Gasteiger partial charge < -0.3 is 11.1 Å². The van der Waals surface area contributed by atoms with Crippen molar-refractivity contribution in [1.82, 2.24) is 16.2 Å². The Labute approximate surface area is 110 Å². The Hall–Kier alpha value is -2.57. The minimum atomic E-state index is -0.880. The molecule has 0 saturated carbocycles. The SMILES string of the molecule is CC(=O)N[C@@H](Cc1ccccc1)C(=O)NNC(N)=O. The maximum Gasteiger partial charge on any atom is 0.330 e. The first-order valence-corrected chi connectivity index (χ1v) is 5.65. The third-order valence-electron chi connectivity index (χ3n) is 2.29. The summed E-state index contributed by atoms with van der Waals surface area (Å²) < 4.78 is 0. The molecule has 0 unspecified atom stereocenters. The van der Waals surface area contributed by atoms with Crippen LogP contribution in [0.5, 0.6) is 0 Å². The number of carbonyl (C=O) groups excluding carboxylic acids is 3. The molecule has 1 atom stereocenters. The monoisotopic (exact) mass is 264 g/mol. The Morgan fingerprint density at radius 2 is 1.79 bits per heavy atom. The Morgan fingerprint density at radius 1 is 1.16 bits per heavy atom. The standard InChI is InChI=1S/C12H16N4O3/c1-8(17)14-10(11(18)15-16-12(13)19)7-9-5-3-2-4-6-9/h2-6,10H,7H2,1H3,(H,14,17)(H,15,18)(H3,13,16,19)/t10-/m0/s1. The van der Waals surface area contributed by atoms with E-state index in [1.165, 1.54) is 6.92 Å². The van der Waals surface area contributed by atoms with Crippen LogP contribution in [0.2, 0.25) is 0 Å². The van der Waals surface area contributed by atoms with Crippen molar-refractivity contribution in [2.45, 2.75) is 19.4 Å². The number of amides is 4. The highest BCUT2D eigenvalue weighted by molar-refractivity contribution is 5.88. The average Bonchev–Trinajstić information content (AvgIpc) is 2.36. The number of rotatable bonds is 4. The number of hydrogen-bond acceptors (Lipinski definition) is 3. The molecule has 0 aromatic heterocycles. The lowest BCUT2D eigenvalue weighted by molar-refractivity contribution is -0.128. The first kappa shape index (κ1) is 14.5. The first-order valence-electron chi connectivity index (χ1n) is 5.65. The van der Waals surface area contributed by atoms with E-state index in [9.17, 15) is 14.4 Å². The molecule has 7 nitrogen and oxygen atoms in total. The average molecular weight is 264 g/mol. The van der Waals surface area contributed by atoms with E-state index in [1.54, 1.807) is 0 Å². The van der Waals surface area contributed by atoms with Gasteiger partial charge in [0, 0.05) is 13.3 Å². The van der Waals surface area contributed by atoms with E-state index in [2.05, 4.69) is 10.7 Å². The molecule has 0 bridgehead atoms. The van der Waals surface area contributed by atoms with Gasteiger partial charge in [-0.05, 0) is 5.56 Å². The fourth-order valence-electron chi connectivity index (χ4n) is 1.51. The third kappa shape index (κ3) is 5.53. The van der Waals surface area contributed by atoms with Crippen LogP contribution in [0.4, 0.5) is 4.79 Å². The number of carbonyl (C=O) groups is 3. The van der Waals surface area contributed by atoms with E-state index in [1.807, 2.05) is 35.8 Å². The fraction of sp³-hybridized carbons (Fsp3) is 0.250. The minimum absolute atomic E-state index is 0.312. The van der Waals surface area contributed by atoms with E-state index >= 15 is 0 Å². The number of nitrogens with one attached hydrogen (secondary N) is 3. The predicted octanol–water partition coefficient (Wildman–Crippen LogP) is -0.567. The molecule has 19 heavy (non-hydrogen) atoms. The van der Waals surface area contributed by atoms with Gasteiger partial charge >= 0.3 is 6.03 Å². The van der Waals surface area contributed by atoms with Gasteiger partial charge in [0.05, 0.1) is 0 Å². The number of nitrogens with two attached hydrogens (primary N) is 1. The molecule has 1 aromatic carbocycles. The van der Waals surface area contributed by atoms with Crippen molar-refractivity contribution in [3.05, 3.63) is 35.9 Å². The lowest BCUT2D eigenvalue weighted by Gasteiger charge is -2.17. The smallest absolute Gasteiger partial charge is 0.330 e. The van der Waals surface area contributed by atoms with Crippen molar-refractivity contribution in [3.63, 3.8) is 0 Å². The molecule has 1 rings (SSSR count). The summed E-state index contributed by atoms with van der Waals surface area (Å²) in [4.78, 5) is 33.4. The molecule has 0 heterocycles. The predicted molar refractivity (Wildman–Crippen MR) is 68.6 cm³/mol. The summed E-state index contributed by atoms with van der Waals surface area (Å²) in [6.45, 7) is 1.31. The summed E-state index contributed by atoms with van der Waals surface area (Å²) in [6, 6.07) is 7.53. The maximum absolute atomic E-state index is 11.8. The highest BCUT2D eigenvalue weighted by Gasteiger charge is 2.19. The Kier molecular flexibility index (Phi) is 5.34. The molecule has 0 aliphatic rings. The normalized spacial score (nSPS) is 11.2. The Bertz CT molecular complexity index is 461. The molecular weight excluding hydrogens is 248 g/mol. The summed E-state index contributed by atoms with van der Waals surface area (Å²) in [5, 5.41) is 2.51. The number of hydrogen-bond donors (Lipinski definition) is 4. The van der Waals surface area contributed by atoms with Gasteiger partial charge in [-0.1, -0.05) is 30.3 Å². The van der Waals surface area contributed by atoms with Crippen LogP contribution in [0.25, 0.3) is 0 Å². The van der Waals surface area contributed by atoms with Crippen molar-refractivity contribution in [2.24, 2.45) is 5.73 Å². The topological polar surface area (TPSA) is 113 Å². The summed E-state index contributed by atoms with van der Waals surface area (Å²) in [5.41, 5.74) is 9.83. The Morgan fingerprint density at radius 3 is 2.32 bits per heavy atom. The molecule has 5 N–H and O–H groups in total. The molecule has 0 aliphatic carbocycles. The fourth-order valence-corrected chi connectivity index (χ4v) is 1.51. The van der Waals surface area contributed by atoms with Gasteiger partial charge in [0.1, 0.15) is 6.04 Å². The van der Waals surface area contributed by atoms with Crippen molar-refractivity contribution in [3.8, 4) is 0 Å². The summed E-state index contributed by atoms with van der Waals surface area (Å²) in [6.07, 6.45) is 0.312. The van der Waals surface area contributed by atoms with Crippen LogP contribution in [-0.4, -0.2) is 23.9 Å². The molecule has 1 aromatic rings. The lowest BCUT2D eigenvalue weighted by Crippen LogP contribution is -2.53. The molecule has 4 amide bonds. The van der Waals surface area contributed by atoms with E-state index in [0.29, 0.717) is 6.42 Å². The van der Waals surface area contributed by atoms with Gasteiger partial charge in [-0.25, -0.2) is 10.2 Å². The zero-order chi connectivity index (χ0) is 14.3. The van der Waals surface area contributed by atoms with Gasteiger partial charge in [-0.15, -0.1) is 0 Å². The van der Waals surface area contributed by atoms with Gasteiger partial charge in [0.15, 0.2) is 0 Å². The van der Waals surface area contributed by atoms with Crippen molar-refractivity contribution in [2.75, 3.05) is 0 Å². The van der Waals surface area contributed by atoms with Crippen LogP contribution in [0, 0.1) is 0 Å². The van der Waals surface area contributed by atoms with Crippen LogP contribution < -0.4 is 21.9 Å². The van der Waals surface area contributed by atoms with Crippen LogP contribution >= 0.6 is 0 Å². The molecule has 0 spiro atoms. The van der Waals surface area contributed by atoms with E-state index in [-0.39, 0.29) is 5.91 Å². The van der Waals surface area contributed by atoms with Gasteiger partial charge in [-0.3, -0.25) is 15.0 Å². The molecular formula is C12H16N4O3. The largest absolute Gasteiger partial charge is 0.350 e. The second-order valence-corrected chi connectivity index (χ2v) is 3.92. The molecule has 0 fully saturated rings. The number of hydrazine groups is 1. The zero-order valence-corrected chi connectivity index (χ0v) is 10.5.